The lowest BCUT2D eigenvalue weighted by Gasteiger charge is -2.16. The van der Waals surface area contributed by atoms with Gasteiger partial charge >= 0.3 is 0 Å². The highest BCUT2D eigenvalue weighted by Gasteiger charge is 2.36. The van der Waals surface area contributed by atoms with Gasteiger partial charge in [0.1, 0.15) is 5.76 Å². The minimum atomic E-state index is -0.279. The summed E-state index contributed by atoms with van der Waals surface area (Å²) in [6, 6.07) is 9.40. The van der Waals surface area contributed by atoms with E-state index in [1.54, 1.807) is 12.1 Å². The molecule has 138 valence electrons. The number of benzene rings is 1. The van der Waals surface area contributed by atoms with Crippen LogP contribution in [0.3, 0.4) is 0 Å². The molecule has 0 saturated carbocycles. The number of rotatable bonds is 4. The van der Waals surface area contributed by atoms with E-state index in [9.17, 15) is 9.59 Å². The molecule has 8 heteroatoms. The molecule has 3 aromatic rings. The number of imidazole rings is 1. The highest BCUT2D eigenvalue weighted by Crippen LogP contribution is 2.35. The number of carbonyl (C=O) groups excluding carboxylic acids is 2. The molecule has 6 nitrogen and oxygen atoms in total. The number of para-hydroxylation sites is 1. The van der Waals surface area contributed by atoms with Gasteiger partial charge in [-0.2, -0.15) is 0 Å². The number of aromatic amines is 1. The van der Waals surface area contributed by atoms with Gasteiger partial charge in [-0.15, -0.1) is 0 Å². The Balaban J connectivity index is 1.54. The first-order chi connectivity index (χ1) is 12.9. The van der Waals surface area contributed by atoms with Crippen molar-refractivity contribution in [3.63, 3.8) is 0 Å². The van der Waals surface area contributed by atoms with Crippen LogP contribution in [0.15, 0.2) is 49.9 Å². The number of furan rings is 1. The first-order valence-electron chi connectivity index (χ1n) is 8.42. The number of hydrogen-bond donors (Lipinski definition) is 1. The smallest absolute Gasteiger partial charge is 0.293 e. The molecule has 1 aliphatic heterocycles. The topological polar surface area (TPSA) is 79.2 Å². The van der Waals surface area contributed by atoms with Gasteiger partial charge in [0.15, 0.2) is 10.2 Å². The molecule has 2 aromatic heterocycles. The van der Waals surface area contributed by atoms with E-state index in [2.05, 4.69) is 9.97 Å². The predicted molar refractivity (Wildman–Crippen MR) is 107 cm³/mol. The van der Waals surface area contributed by atoms with Crippen LogP contribution in [-0.2, 0) is 4.79 Å². The quantitative estimate of drug-likeness (QED) is 0.618. The van der Waals surface area contributed by atoms with E-state index in [0.717, 1.165) is 33.5 Å². The first kappa shape index (κ1) is 17.9. The lowest BCUT2D eigenvalue weighted by molar-refractivity contribution is -0.123. The van der Waals surface area contributed by atoms with E-state index in [0.29, 0.717) is 15.8 Å². The summed E-state index contributed by atoms with van der Waals surface area (Å²) in [5, 5.41) is 1.14. The molecular formula is C19H17N3O3S2. The van der Waals surface area contributed by atoms with Crippen LogP contribution in [0.5, 0.6) is 0 Å². The third kappa shape index (κ3) is 3.42. The Morgan fingerprint density at radius 2 is 2.07 bits per heavy atom. The summed E-state index contributed by atoms with van der Waals surface area (Å²) < 4.78 is 5.79. The lowest BCUT2D eigenvalue weighted by Crippen LogP contribution is -2.34. The number of nitrogens with one attached hydrogen (secondary N) is 1. The fraction of sp³-hybridized carbons (Fsp3) is 0.211. The Morgan fingerprint density at radius 3 is 2.78 bits per heavy atom. The Bertz CT molecular complexity index is 1080. The van der Waals surface area contributed by atoms with E-state index in [-0.39, 0.29) is 17.2 Å². The number of thioether (sulfide) groups is 1. The molecule has 1 fully saturated rings. The van der Waals surface area contributed by atoms with Crippen molar-refractivity contribution in [1.82, 2.24) is 14.9 Å². The highest BCUT2D eigenvalue weighted by molar-refractivity contribution is 8.18. The molecular weight excluding hydrogens is 382 g/mol. The van der Waals surface area contributed by atoms with Crippen molar-refractivity contribution in [1.29, 1.82) is 0 Å². The van der Waals surface area contributed by atoms with Crippen LogP contribution in [0.2, 0.25) is 0 Å². The number of H-pyrrole nitrogens is 1. The van der Waals surface area contributed by atoms with Crippen molar-refractivity contribution in [2.45, 2.75) is 37.1 Å². The summed E-state index contributed by atoms with van der Waals surface area (Å²) in [4.78, 5) is 33.8. The maximum Gasteiger partial charge on any atom is 0.293 e. The van der Waals surface area contributed by atoms with E-state index in [1.807, 2.05) is 45.0 Å². The second kappa shape index (κ2) is 6.94. The summed E-state index contributed by atoms with van der Waals surface area (Å²) in [6.45, 7) is 5.66. The van der Waals surface area contributed by atoms with Gasteiger partial charge in [0.25, 0.3) is 11.1 Å². The molecule has 1 aromatic carbocycles. The maximum atomic E-state index is 12.3. The second-order valence-corrected chi connectivity index (χ2v) is 8.40. The van der Waals surface area contributed by atoms with Gasteiger partial charge in [-0.3, -0.25) is 14.5 Å². The van der Waals surface area contributed by atoms with Crippen LogP contribution in [0, 0.1) is 6.92 Å². The largest absolute Gasteiger partial charge is 0.450 e. The van der Waals surface area contributed by atoms with Gasteiger partial charge in [-0.25, -0.2) is 4.98 Å². The monoisotopic (exact) mass is 399 g/mol. The number of hydrogen-bond acceptors (Lipinski definition) is 6. The zero-order valence-corrected chi connectivity index (χ0v) is 16.6. The lowest BCUT2D eigenvalue weighted by atomic mass is 10.2. The molecule has 4 rings (SSSR count). The van der Waals surface area contributed by atoms with E-state index in [4.69, 9.17) is 4.42 Å². The molecule has 0 spiro atoms. The van der Waals surface area contributed by atoms with E-state index < -0.39 is 0 Å². The molecule has 0 bridgehead atoms. The normalized spacial score (nSPS) is 16.4. The average molecular weight is 399 g/mol. The van der Waals surface area contributed by atoms with Crippen LogP contribution >= 0.6 is 23.5 Å². The maximum absolute atomic E-state index is 12.3. The third-order valence-electron chi connectivity index (χ3n) is 4.12. The van der Waals surface area contributed by atoms with Crippen molar-refractivity contribution < 1.29 is 14.0 Å². The molecule has 0 radical (unpaired) electrons. The van der Waals surface area contributed by atoms with Crippen molar-refractivity contribution in [2.24, 2.45) is 0 Å². The number of fused-ring (bicyclic) bond motifs is 1. The minimum absolute atomic E-state index is 0.164. The summed E-state index contributed by atoms with van der Waals surface area (Å²) >= 11 is 2.31. The summed E-state index contributed by atoms with van der Waals surface area (Å²) in [6.07, 6.45) is 1.61. The molecule has 1 saturated heterocycles. The number of amides is 2. The van der Waals surface area contributed by atoms with Crippen molar-refractivity contribution in [3.8, 4) is 0 Å². The third-order valence-corrected chi connectivity index (χ3v) is 5.81. The van der Waals surface area contributed by atoms with Crippen LogP contribution in [0.1, 0.15) is 25.2 Å². The van der Waals surface area contributed by atoms with Crippen LogP contribution in [0.4, 0.5) is 4.79 Å². The number of nitrogens with zero attached hydrogens (tertiary/aromatic N) is 2. The van der Waals surface area contributed by atoms with Gasteiger partial charge in [0, 0.05) is 12.1 Å². The SMILES string of the molecule is Cc1cccc2nc(Sc3ccc(C=C4SC(=O)N(C(C)C)C4=O)o3)[nH]c12. The van der Waals surface area contributed by atoms with Crippen molar-refractivity contribution >= 4 is 51.8 Å². The second-order valence-electron chi connectivity index (χ2n) is 6.42. The Kier molecular flexibility index (Phi) is 4.61. The van der Waals surface area contributed by atoms with Gasteiger partial charge in [0.05, 0.1) is 15.9 Å². The Morgan fingerprint density at radius 1 is 1.26 bits per heavy atom. The van der Waals surface area contributed by atoms with Gasteiger partial charge in [-0.05, 0) is 68.1 Å². The van der Waals surface area contributed by atoms with Crippen molar-refractivity contribution in [3.05, 3.63) is 46.6 Å². The molecule has 27 heavy (non-hydrogen) atoms. The van der Waals surface area contributed by atoms with Crippen molar-refractivity contribution in [2.75, 3.05) is 0 Å². The molecule has 3 heterocycles. The van der Waals surface area contributed by atoms with E-state index >= 15 is 0 Å². The van der Waals surface area contributed by atoms with Crippen LogP contribution in [0.25, 0.3) is 17.1 Å². The standard InChI is InChI=1S/C19H17N3O3S2/c1-10(2)22-17(23)14(26-19(22)24)9-12-7-8-15(25-12)27-18-20-13-6-4-5-11(3)16(13)21-18/h4-10H,1-3H3,(H,20,21). The molecule has 2 amide bonds. The summed E-state index contributed by atoms with van der Waals surface area (Å²) in [7, 11) is 0. The van der Waals surface area contributed by atoms with Gasteiger partial charge in [-0.1, -0.05) is 12.1 Å². The number of carbonyl (C=O) groups is 2. The zero-order valence-electron chi connectivity index (χ0n) is 15.0. The summed E-state index contributed by atoms with van der Waals surface area (Å²) in [5.41, 5.74) is 3.05. The fourth-order valence-electron chi connectivity index (χ4n) is 2.82. The number of imide groups is 1. The van der Waals surface area contributed by atoms with Gasteiger partial charge < -0.3 is 9.40 Å². The van der Waals surface area contributed by atoms with E-state index in [1.165, 1.54) is 16.7 Å². The van der Waals surface area contributed by atoms with Gasteiger partial charge in [0.2, 0.25) is 0 Å². The molecule has 0 atom stereocenters. The van der Waals surface area contributed by atoms with Crippen LogP contribution < -0.4 is 0 Å². The number of aromatic nitrogens is 2. The zero-order chi connectivity index (χ0) is 19.1. The number of aryl methyl sites for hydroxylation is 1. The highest BCUT2D eigenvalue weighted by atomic mass is 32.2. The molecule has 0 unspecified atom stereocenters. The fourth-order valence-corrected chi connectivity index (χ4v) is 4.52. The first-order valence-corrected chi connectivity index (χ1v) is 10.1. The Labute approximate surface area is 164 Å². The van der Waals surface area contributed by atoms with Crippen LogP contribution in [-0.4, -0.2) is 32.1 Å². The average Bonchev–Trinajstić information content (AvgIpc) is 3.27. The molecule has 0 aliphatic carbocycles. The summed E-state index contributed by atoms with van der Waals surface area (Å²) in [5.74, 6) is 0.248. The minimum Gasteiger partial charge on any atom is -0.450 e. The molecule has 1 N–H and O–H groups in total. The molecule has 1 aliphatic rings. The predicted octanol–water partition coefficient (Wildman–Crippen LogP) is 5.06. The Hall–Kier alpha value is -2.45.